The fourth-order valence-corrected chi connectivity index (χ4v) is 1.83. The van der Waals surface area contributed by atoms with E-state index in [1.54, 1.807) is 12.1 Å². The minimum Gasteiger partial charge on any atom is -0.364 e. The van der Waals surface area contributed by atoms with Gasteiger partial charge in [-0.1, -0.05) is 23.7 Å². The Bertz CT molecular complexity index is 620. The number of aromatic nitrogens is 1. The first-order valence-corrected chi connectivity index (χ1v) is 6.22. The van der Waals surface area contributed by atoms with Crippen molar-refractivity contribution in [3.8, 4) is 0 Å². The van der Waals surface area contributed by atoms with E-state index in [9.17, 15) is 14.5 Å². The van der Waals surface area contributed by atoms with Crippen molar-refractivity contribution in [2.75, 3.05) is 11.9 Å². The molecule has 0 amide bonds. The van der Waals surface area contributed by atoms with Crippen LogP contribution < -0.4 is 5.32 Å². The Morgan fingerprint density at radius 3 is 2.70 bits per heavy atom. The fourth-order valence-electron chi connectivity index (χ4n) is 1.68. The molecule has 0 fully saturated rings. The third kappa shape index (κ3) is 3.64. The largest absolute Gasteiger partial charge is 0.364 e. The lowest BCUT2D eigenvalue weighted by Gasteiger charge is -2.06. The standard InChI is InChI=1S/C13H11ClFN3O2/c14-10-7-12(18(19)20)13(17-8-10)16-6-5-9-1-3-11(15)4-2-9/h1-4,7-8H,5-6H2,(H,16,17). The molecular formula is C13H11ClFN3O2. The number of benzene rings is 1. The second kappa shape index (κ2) is 6.29. The number of rotatable bonds is 5. The normalized spacial score (nSPS) is 10.3. The van der Waals surface area contributed by atoms with E-state index in [0.717, 1.165) is 5.56 Å². The maximum atomic E-state index is 12.7. The average molecular weight is 296 g/mol. The van der Waals surface area contributed by atoms with Crippen LogP contribution in [-0.2, 0) is 6.42 Å². The zero-order valence-corrected chi connectivity index (χ0v) is 11.1. The summed E-state index contributed by atoms with van der Waals surface area (Å²) in [5.41, 5.74) is 0.757. The predicted molar refractivity (Wildman–Crippen MR) is 74.5 cm³/mol. The third-order valence-corrected chi connectivity index (χ3v) is 2.86. The minimum atomic E-state index is -0.543. The number of pyridine rings is 1. The molecule has 0 spiro atoms. The highest BCUT2D eigenvalue weighted by Gasteiger charge is 2.15. The van der Waals surface area contributed by atoms with Crippen LogP contribution in [0.3, 0.4) is 0 Å². The summed E-state index contributed by atoms with van der Waals surface area (Å²) in [7, 11) is 0. The average Bonchev–Trinajstić information content (AvgIpc) is 2.42. The first-order valence-electron chi connectivity index (χ1n) is 5.84. The lowest BCUT2D eigenvalue weighted by atomic mass is 10.1. The van der Waals surface area contributed by atoms with Crippen molar-refractivity contribution in [1.82, 2.24) is 4.98 Å². The van der Waals surface area contributed by atoms with Crippen molar-refractivity contribution in [3.05, 3.63) is 63.0 Å². The number of hydrogen-bond donors (Lipinski definition) is 1. The smallest absolute Gasteiger partial charge is 0.312 e. The number of hydrogen-bond acceptors (Lipinski definition) is 4. The molecule has 0 radical (unpaired) electrons. The van der Waals surface area contributed by atoms with Crippen molar-refractivity contribution in [1.29, 1.82) is 0 Å². The number of anilines is 1. The Labute approximate surface area is 119 Å². The van der Waals surface area contributed by atoms with Gasteiger partial charge in [-0.2, -0.15) is 0 Å². The molecule has 20 heavy (non-hydrogen) atoms. The Morgan fingerprint density at radius 2 is 2.05 bits per heavy atom. The summed E-state index contributed by atoms with van der Waals surface area (Å²) >= 11 is 5.68. The number of nitrogens with zero attached hydrogens (tertiary/aromatic N) is 2. The fraction of sp³-hybridized carbons (Fsp3) is 0.154. The number of halogens is 2. The molecule has 2 rings (SSSR count). The Hall–Kier alpha value is -2.21. The van der Waals surface area contributed by atoms with Crippen LogP contribution in [0.5, 0.6) is 0 Å². The molecule has 0 bridgehead atoms. The lowest BCUT2D eigenvalue weighted by Crippen LogP contribution is -2.08. The maximum Gasteiger partial charge on any atom is 0.312 e. The van der Waals surface area contributed by atoms with E-state index < -0.39 is 4.92 Å². The summed E-state index contributed by atoms with van der Waals surface area (Å²) in [5.74, 6) is -0.127. The van der Waals surface area contributed by atoms with Gasteiger partial charge in [0.05, 0.1) is 9.95 Å². The zero-order chi connectivity index (χ0) is 14.5. The van der Waals surface area contributed by atoms with E-state index in [-0.39, 0.29) is 22.3 Å². The first-order chi connectivity index (χ1) is 9.56. The van der Waals surface area contributed by atoms with Gasteiger partial charge in [-0.3, -0.25) is 10.1 Å². The van der Waals surface area contributed by atoms with Crippen molar-refractivity contribution >= 4 is 23.1 Å². The van der Waals surface area contributed by atoms with Crippen LogP contribution in [-0.4, -0.2) is 16.5 Å². The minimum absolute atomic E-state index is 0.168. The van der Waals surface area contributed by atoms with Crippen molar-refractivity contribution in [3.63, 3.8) is 0 Å². The molecule has 0 unspecified atom stereocenters. The Kier molecular flexibility index (Phi) is 4.47. The summed E-state index contributed by atoms with van der Waals surface area (Å²) in [6.07, 6.45) is 1.94. The summed E-state index contributed by atoms with van der Waals surface area (Å²) in [6.45, 7) is 0.446. The molecule has 0 atom stereocenters. The van der Waals surface area contributed by atoms with E-state index in [1.165, 1.54) is 24.4 Å². The lowest BCUT2D eigenvalue weighted by molar-refractivity contribution is -0.384. The summed E-state index contributed by atoms with van der Waals surface area (Å²) in [4.78, 5) is 14.2. The van der Waals surface area contributed by atoms with Gasteiger partial charge < -0.3 is 5.32 Å². The highest BCUT2D eigenvalue weighted by molar-refractivity contribution is 6.30. The molecule has 0 aliphatic rings. The van der Waals surface area contributed by atoms with E-state index in [4.69, 9.17) is 11.6 Å². The molecule has 0 saturated heterocycles. The van der Waals surface area contributed by atoms with E-state index >= 15 is 0 Å². The van der Waals surface area contributed by atoms with Gasteiger partial charge in [0.1, 0.15) is 5.82 Å². The second-order valence-corrected chi connectivity index (χ2v) is 4.52. The van der Waals surface area contributed by atoms with Gasteiger partial charge in [0.25, 0.3) is 0 Å². The molecule has 1 heterocycles. The van der Waals surface area contributed by atoms with Crippen LogP contribution >= 0.6 is 11.6 Å². The Morgan fingerprint density at radius 1 is 1.35 bits per heavy atom. The van der Waals surface area contributed by atoms with Gasteiger partial charge >= 0.3 is 5.69 Å². The van der Waals surface area contributed by atoms with Crippen LogP contribution in [0.25, 0.3) is 0 Å². The zero-order valence-electron chi connectivity index (χ0n) is 10.3. The van der Waals surface area contributed by atoms with Gasteiger partial charge in [-0.25, -0.2) is 9.37 Å². The highest BCUT2D eigenvalue weighted by Crippen LogP contribution is 2.24. The van der Waals surface area contributed by atoms with Crippen molar-refractivity contribution in [2.24, 2.45) is 0 Å². The van der Waals surface area contributed by atoms with Crippen LogP contribution in [0.4, 0.5) is 15.9 Å². The molecule has 5 nitrogen and oxygen atoms in total. The quantitative estimate of drug-likeness (QED) is 0.678. The molecule has 1 aromatic heterocycles. The molecule has 1 aromatic carbocycles. The third-order valence-electron chi connectivity index (χ3n) is 2.65. The molecule has 1 N–H and O–H groups in total. The molecule has 0 aliphatic heterocycles. The van der Waals surface area contributed by atoms with Crippen LogP contribution in [0.1, 0.15) is 5.56 Å². The van der Waals surface area contributed by atoms with Gasteiger partial charge in [-0.05, 0) is 24.1 Å². The summed E-state index contributed by atoms with van der Waals surface area (Å²) < 4.78 is 12.7. The Balaban J connectivity index is 2.00. The van der Waals surface area contributed by atoms with E-state index in [2.05, 4.69) is 10.3 Å². The van der Waals surface area contributed by atoms with Crippen LogP contribution in [0.2, 0.25) is 5.02 Å². The molecule has 104 valence electrons. The summed E-state index contributed by atoms with van der Waals surface area (Å²) in [5, 5.41) is 14.0. The van der Waals surface area contributed by atoms with Gasteiger partial charge in [0.15, 0.2) is 0 Å². The molecule has 0 aliphatic carbocycles. The van der Waals surface area contributed by atoms with E-state index in [1.807, 2.05) is 0 Å². The predicted octanol–water partition coefficient (Wildman–Crippen LogP) is 3.44. The SMILES string of the molecule is O=[N+]([O-])c1cc(Cl)cnc1NCCc1ccc(F)cc1. The van der Waals surface area contributed by atoms with Crippen LogP contribution in [0, 0.1) is 15.9 Å². The molecule has 7 heteroatoms. The first kappa shape index (κ1) is 14.2. The van der Waals surface area contributed by atoms with Gasteiger partial charge in [0.2, 0.25) is 5.82 Å². The van der Waals surface area contributed by atoms with Gasteiger partial charge in [0, 0.05) is 18.8 Å². The number of nitro groups is 1. The molecule has 0 saturated carbocycles. The molecular weight excluding hydrogens is 285 g/mol. The monoisotopic (exact) mass is 295 g/mol. The van der Waals surface area contributed by atoms with Gasteiger partial charge in [-0.15, -0.1) is 0 Å². The van der Waals surface area contributed by atoms with Crippen molar-refractivity contribution < 1.29 is 9.31 Å². The second-order valence-electron chi connectivity index (χ2n) is 4.08. The highest BCUT2D eigenvalue weighted by atomic mass is 35.5. The maximum absolute atomic E-state index is 12.7. The van der Waals surface area contributed by atoms with Crippen LogP contribution in [0.15, 0.2) is 36.5 Å². The van der Waals surface area contributed by atoms with E-state index in [0.29, 0.717) is 13.0 Å². The molecule has 2 aromatic rings. The summed E-state index contributed by atoms with van der Waals surface area (Å²) in [6, 6.07) is 7.33. The van der Waals surface area contributed by atoms with Crippen molar-refractivity contribution in [2.45, 2.75) is 6.42 Å². The number of nitrogens with one attached hydrogen (secondary N) is 1. The topological polar surface area (TPSA) is 68.1 Å².